The third-order valence-corrected chi connectivity index (χ3v) is 4.76. The summed E-state index contributed by atoms with van der Waals surface area (Å²) in [5.74, 6) is 1.42. The molecule has 1 aliphatic carbocycles. The zero-order valence-electron chi connectivity index (χ0n) is 14.9. The average molecular weight is 339 g/mol. The van der Waals surface area contributed by atoms with Crippen LogP contribution in [0.3, 0.4) is 0 Å². The molecule has 0 atom stereocenters. The molecule has 0 saturated carbocycles. The first-order valence-electron chi connectivity index (χ1n) is 8.82. The van der Waals surface area contributed by atoms with Crippen molar-refractivity contribution in [3.8, 4) is 11.5 Å². The molecule has 2 aromatic rings. The first-order valence-corrected chi connectivity index (χ1v) is 8.82. The minimum Gasteiger partial charge on any atom is -0.493 e. The first-order chi connectivity index (χ1) is 12.2. The van der Waals surface area contributed by atoms with E-state index in [0.29, 0.717) is 18.0 Å². The van der Waals surface area contributed by atoms with Gasteiger partial charge < -0.3 is 14.8 Å². The van der Waals surface area contributed by atoms with E-state index in [1.54, 1.807) is 14.2 Å². The van der Waals surface area contributed by atoms with Crippen molar-refractivity contribution in [2.24, 2.45) is 0 Å². The maximum absolute atomic E-state index is 12.4. The number of hydrogen-bond donors (Lipinski definition) is 1. The fourth-order valence-electron chi connectivity index (χ4n) is 3.33. The molecule has 4 nitrogen and oxygen atoms in total. The van der Waals surface area contributed by atoms with Crippen LogP contribution in [0.4, 0.5) is 0 Å². The second kappa shape index (κ2) is 8.06. The van der Waals surface area contributed by atoms with Crippen LogP contribution in [0, 0.1) is 0 Å². The second-order valence-electron chi connectivity index (χ2n) is 6.39. The van der Waals surface area contributed by atoms with E-state index in [9.17, 15) is 4.79 Å². The van der Waals surface area contributed by atoms with Crippen LogP contribution in [0.25, 0.3) is 0 Å². The van der Waals surface area contributed by atoms with Gasteiger partial charge in [0.2, 0.25) is 0 Å². The van der Waals surface area contributed by atoms with E-state index in [-0.39, 0.29) is 5.91 Å². The number of hydrogen-bond acceptors (Lipinski definition) is 3. The quantitative estimate of drug-likeness (QED) is 0.875. The van der Waals surface area contributed by atoms with Crippen molar-refractivity contribution in [1.82, 2.24) is 5.32 Å². The zero-order chi connectivity index (χ0) is 17.6. The Morgan fingerprint density at radius 2 is 1.72 bits per heavy atom. The number of carbonyl (C=O) groups excluding carboxylic acids is 1. The Bertz CT molecular complexity index is 755. The highest BCUT2D eigenvalue weighted by Crippen LogP contribution is 2.27. The highest BCUT2D eigenvalue weighted by Gasteiger charge is 2.12. The Balaban J connectivity index is 1.57. The van der Waals surface area contributed by atoms with Gasteiger partial charge in [-0.15, -0.1) is 0 Å². The molecule has 0 heterocycles. The number of benzene rings is 2. The van der Waals surface area contributed by atoms with Gasteiger partial charge in [-0.3, -0.25) is 4.79 Å². The van der Waals surface area contributed by atoms with E-state index in [1.165, 1.54) is 24.0 Å². The Hall–Kier alpha value is -2.49. The fraction of sp³-hybridized carbons (Fsp3) is 0.381. The third-order valence-electron chi connectivity index (χ3n) is 4.76. The van der Waals surface area contributed by atoms with Gasteiger partial charge in [0.15, 0.2) is 11.5 Å². The van der Waals surface area contributed by atoms with Crippen molar-refractivity contribution in [1.29, 1.82) is 0 Å². The molecule has 2 aromatic carbocycles. The highest BCUT2D eigenvalue weighted by atomic mass is 16.5. The van der Waals surface area contributed by atoms with Crippen LogP contribution in [0.5, 0.6) is 11.5 Å². The van der Waals surface area contributed by atoms with Gasteiger partial charge in [-0.1, -0.05) is 12.1 Å². The summed E-state index contributed by atoms with van der Waals surface area (Å²) in [7, 11) is 3.25. The van der Waals surface area contributed by atoms with Crippen LogP contribution in [0.2, 0.25) is 0 Å². The number of methoxy groups -OCH3 is 2. The minimum absolute atomic E-state index is 0.00569. The van der Waals surface area contributed by atoms with Crippen molar-refractivity contribution in [3.05, 3.63) is 58.7 Å². The summed E-state index contributed by atoms with van der Waals surface area (Å²) >= 11 is 0. The molecule has 1 N–H and O–H groups in total. The van der Waals surface area contributed by atoms with Crippen LogP contribution in [-0.2, 0) is 19.3 Å². The average Bonchev–Trinajstić information content (AvgIpc) is 2.67. The summed E-state index contributed by atoms with van der Waals surface area (Å²) < 4.78 is 10.6. The molecule has 25 heavy (non-hydrogen) atoms. The van der Waals surface area contributed by atoms with Gasteiger partial charge in [0, 0.05) is 12.1 Å². The molecule has 3 rings (SSSR count). The lowest BCUT2D eigenvalue weighted by Gasteiger charge is -2.16. The highest BCUT2D eigenvalue weighted by molar-refractivity contribution is 5.94. The van der Waals surface area contributed by atoms with Gasteiger partial charge >= 0.3 is 0 Å². The van der Waals surface area contributed by atoms with Gasteiger partial charge in [0.05, 0.1) is 14.2 Å². The van der Waals surface area contributed by atoms with Gasteiger partial charge in [0.1, 0.15) is 0 Å². The van der Waals surface area contributed by atoms with Crippen LogP contribution < -0.4 is 14.8 Å². The topological polar surface area (TPSA) is 47.6 Å². The van der Waals surface area contributed by atoms with Gasteiger partial charge in [0.25, 0.3) is 5.91 Å². The third kappa shape index (κ3) is 4.13. The minimum atomic E-state index is -0.00569. The molecule has 0 spiro atoms. The number of aryl methyl sites for hydroxylation is 2. The first kappa shape index (κ1) is 17.3. The fourth-order valence-corrected chi connectivity index (χ4v) is 3.33. The van der Waals surface area contributed by atoms with E-state index < -0.39 is 0 Å². The van der Waals surface area contributed by atoms with Gasteiger partial charge in [-0.05, 0) is 73.1 Å². The summed E-state index contributed by atoms with van der Waals surface area (Å²) in [4.78, 5) is 12.4. The number of nitrogens with one attached hydrogen (secondary N) is 1. The van der Waals surface area contributed by atoms with Crippen molar-refractivity contribution in [3.63, 3.8) is 0 Å². The van der Waals surface area contributed by atoms with Crippen molar-refractivity contribution in [2.45, 2.75) is 32.1 Å². The largest absolute Gasteiger partial charge is 0.493 e. The molecular weight excluding hydrogens is 314 g/mol. The van der Waals surface area contributed by atoms with Gasteiger partial charge in [-0.25, -0.2) is 0 Å². The van der Waals surface area contributed by atoms with E-state index in [4.69, 9.17) is 9.47 Å². The smallest absolute Gasteiger partial charge is 0.251 e. The lowest BCUT2D eigenvalue weighted by molar-refractivity contribution is 0.0954. The molecular formula is C21H25NO3. The van der Waals surface area contributed by atoms with Crippen molar-refractivity contribution >= 4 is 5.91 Å². The van der Waals surface area contributed by atoms with E-state index in [1.807, 2.05) is 24.3 Å². The molecule has 132 valence electrons. The molecule has 1 aliphatic rings. The van der Waals surface area contributed by atoms with Crippen LogP contribution in [0.1, 0.15) is 39.9 Å². The molecule has 4 heteroatoms. The summed E-state index contributed by atoms with van der Waals surface area (Å²) in [5.41, 5.74) is 4.59. The molecule has 0 unspecified atom stereocenters. The zero-order valence-corrected chi connectivity index (χ0v) is 14.9. The summed E-state index contributed by atoms with van der Waals surface area (Å²) in [6.45, 7) is 0.589. The van der Waals surface area contributed by atoms with Crippen LogP contribution in [-0.4, -0.2) is 26.7 Å². The van der Waals surface area contributed by atoms with Crippen LogP contribution in [0.15, 0.2) is 36.4 Å². The van der Waals surface area contributed by atoms with Crippen molar-refractivity contribution < 1.29 is 14.3 Å². The number of ether oxygens (including phenoxy) is 2. The van der Waals surface area contributed by atoms with E-state index in [0.717, 1.165) is 30.4 Å². The Morgan fingerprint density at radius 1 is 0.960 bits per heavy atom. The van der Waals surface area contributed by atoms with Gasteiger partial charge in [-0.2, -0.15) is 0 Å². The predicted molar refractivity (Wildman–Crippen MR) is 98.7 cm³/mol. The molecule has 0 saturated heterocycles. The molecule has 0 aliphatic heterocycles. The SMILES string of the molecule is COc1ccc(CCNC(=O)c2ccc3c(c2)CCCC3)cc1OC. The molecule has 0 aromatic heterocycles. The Morgan fingerprint density at radius 3 is 2.48 bits per heavy atom. The van der Waals surface area contributed by atoms with Crippen molar-refractivity contribution in [2.75, 3.05) is 20.8 Å². The lowest BCUT2D eigenvalue weighted by atomic mass is 9.90. The molecule has 0 fully saturated rings. The lowest BCUT2D eigenvalue weighted by Crippen LogP contribution is -2.26. The van der Waals surface area contributed by atoms with Crippen LogP contribution >= 0.6 is 0 Å². The number of amides is 1. The summed E-state index contributed by atoms with van der Waals surface area (Å²) in [6, 6.07) is 11.9. The monoisotopic (exact) mass is 339 g/mol. The molecule has 0 bridgehead atoms. The number of carbonyl (C=O) groups is 1. The second-order valence-corrected chi connectivity index (χ2v) is 6.39. The number of fused-ring (bicyclic) bond motifs is 1. The maximum atomic E-state index is 12.4. The standard InChI is InChI=1S/C21H25NO3/c1-24-19-10-7-15(13-20(19)25-2)11-12-22-21(23)18-9-8-16-5-3-4-6-17(16)14-18/h7-10,13-14H,3-6,11-12H2,1-2H3,(H,22,23). The molecule has 0 radical (unpaired) electrons. The van der Waals surface area contributed by atoms with E-state index in [2.05, 4.69) is 17.4 Å². The Labute approximate surface area is 149 Å². The molecule has 1 amide bonds. The normalized spacial score (nSPS) is 13.0. The Kier molecular flexibility index (Phi) is 5.59. The predicted octanol–water partition coefficient (Wildman–Crippen LogP) is 3.56. The summed E-state index contributed by atoms with van der Waals surface area (Å²) in [6.07, 6.45) is 5.44. The number of rotatable bonds is 6. The van der Waals surface area contributed by atoms with E-state index >= 15 is 0 Å². The summed E-state index contributed by atoms with van der Waals surface area (Å²) in [5, 5.41) is 3.01. The maximum Gasteiger partial charge on any atom is 0.251 e.